The van der Waals surface area contributed by atoms with Crippen LogP contribution >= 0.6 is 27.7 Å². The molecule has 0 saturated carbocycles. The molecule has 2 amide bonds. The van der Waals surface area contributed by atoms with Crippen LogP contribution < -0.4 is 15.0 Å². The molecule has 1 N–H and O–H groups in total. The number of anilines is 1. The van der Waals surface area contributed by atoms with Gasteiger partial charge in [0.25, 0.3) is 5.91 Å². The van der Waals surface area contributed by atoms with Crippen molar-refractivity contribution >= 4 is 45.2 Å². The molecule has 1 aliphatic rings. The standard InChI is InChI=1S/C27H24BrN5O3S/c28-20-10-12-21(13-11-20)33-24(16-29-25(34)17-36-22-7-2-1-3-8-22)30-31-27(33)37-18-26(35)32-15-14-19-6-4-5-9-23(19)32/h1-13H,14-18H2,(H,29,34). The number of aromatic nitrogens is 3. The van der Waals surface area contributed by atoms with Gasteiger partial charge in [0, 0.05) is 22.4 Å². The molecule has 3 aromatic carbocycles. The van der Waals surface area contributed by atoms with Gasteiger partial charge in [0.15, 0.2) is 17.6 Å². The van der Waals surface area contributed by atoms with Crippen LogP contribution in [-0.2, 0) is 22.6 Å². The Morgan fingerprint density at radius 1 is 0.973 bits per heavy atom. The second kappa shape index (κ2) is 11.6. The lowest BCUT2D eigenvalue weighted by Gasteiger charge is -2.17. The van der Waals surface area contributed by atoms with Gasteiger partial charge in [0.1, 0.15) is 5.75 Å². The number of nitrogens with one attached hydrogen (secondary N) is 1. The van der Waals surface area contributed by atoms with Gasteiger partial charge in [-0.25, -0.2) is 0 Å². The molecule has 0 saturated heterocycles. The summed E-state index contributed by atoms with van der Waals surface area (Å²) in [7, 11) is 0. The van der Waals surface area contributed by atoms with Gasteiger partial charge in [-0.15, -0.1) is 10.2 Å². The van der Waals surface area contributed by atoms with Crippen molar-refractivity contribution in [2.45, 2.75) is 18.1 Å². The first-order valence-corrected chi connectivity index (χ1v) is 13.5. The molecule has 0 bridgehead atoms. The van der Waals surface area contributed by atoms with Crippen molar-refractivity contribution in [2.75, 3.05) is 23.8 Å². The lowest BCUT2D eigenvalue weighted by Crippen LogP contribution is -2.30. The molecule has 2 heterocycles. The van der Waals surface area contributed by atoms with E-state index in [2.05, 4.69) is 37.5 Å². The van der Waals surface area contributed by atoms with Crippen LogP contribution in [0.4, 0.5) is 5.69 Å². The molecule has 0 atom stereocenters. The van der Waals surface area contributed by atoms with E-state index in [1.807, 2.05) is 70.1 Å². The van der Waals surface area contributed by atoms with Crippen LogP contribution in [0.1, 0.15) is 11.4 Å². The minimum Gasteiger partial charge on any atom is -0.484 e. The first-order chi connectivity index (χ1) is 18.1. The smallest absolute Gasteiger partial charge is 0.258 e. The van der Waals surface area contributed by atoms with Crippen LogP contribution in [0, 0.1) is 0 Å². The molecule has 0 fully saturated rings. The molecule has 0 aliphatic carbocycles. The van der Waals surface area contributed by atoms with E-state index in [1.54, 1.807) is 12.1 Å². The number of halogens is 1. The van der Waals surface area contributed by atoms with Gasteiger partial charge in [0.2, 0.25) is 5.91 Å². The summed E-state index contributed by atoms with van der Waals surface area (Å²) in [6, 6.07) is 24.9. The third-order valence-electron chi connectivity index (χ3n) is 5.85. The first-order valence-electron chi connectivity index (χ1n) is 11.7. The normalized spacial score (nSPS) is 12.3. The van der Waals surface area contributed by atoms with Gasteiger partial charge >= 0.3 is 0 Å². The molecule has 1 aromatic heterocycles. The molecular weight excluding hydrogens is 554 g/mol. The number of nitrogens with zero attached hydrogens (tertiary/aromatic N) is 4. The van der Waals surface area contributed by atoms with Gasteiger partial charge in [-0.3, -0.25) is 14.2 Å². The molecule has 0 radical (unpaired) electrons. The quantitative estimate of drug-likeness (QED) is 0.296. The molecular formula is C27H24BrN5O3S. The molecule has 1 aliphatic heterocycles. The van der Waals surface area contributed by atoms with Crippen LogP contribution in [-0.4, -0.2) is 45.5 Å². The number of fused-ring (bicyclic) bond motifs is 1. The second-order valence-corrected chi connectivity index (χ2v) is 10.2. The molecule has 8 nitrogen and oxygen atoms in total. The highest BCUT2D eigenvalue weighted by Gasteiger charge is 2.25. The first kappa shape index (κ1) is 25.0. The van der Waals surface area contributed by atoms with Crippen LogP contribution in [0.3, 0.4) is 0 Å². The molecule has 188 valence electrons. The maximum Gasteiger partial charge on any atom is 0.258 e. The van der Waals surface area contributed by atoms with Crippen LogP contribution in [0.15, 0.2) is 88.5 Å². The predicted molar refractivity (Wildman–Crippen MR) is 146 cm³/mol. The van der Waals surface area contributed by atoms with Crippen molar-refractivity contribution < 1.29 is 14.3 Å². The zero-order chi connectivity index (χ0) is 25.6. The van der Waals surface area contributed by atoms with Crippen LogP contribution in [0.5, 0.6) is 5.75 Å². The van der Waals surface area contributed by atoms with Crippen LogP contribution in [0.2, 0.25) is 0 Å². The number of carbonyl (C=O) groups excluding carboxylic acids is 2. The fourth-order valence-electron chi connectivity index (χ4n) is 4.05. The summed E-state index contributed by atoms with van der Waals surface area (Å²) in [6.07, 6.45) is 0.861. The van der Waals surface area contributed by atoms with Crippen molar-refractivity contribution in [3.05, 3.63) is 94.7 Å². The number of ether oxygens (including phenoxy) is 1. The predicted octanol–water partition coefficient (Wildman–Crippen LogP) is 4.41. The third-order valence-corrected chi connectivity index (χ3v) is 7.30. The van der Waals surface area contributed by atoms with Crippen molar-refractivity contribution in [1.82, 2.24) is 20.1 Å². The van der Waals surface area contributed by atoms with E-state index >= 15 is 0 Å². The Morgan fingerprint density at radius 2 is 1.73 bits per heavy atom. The SMILES string of the molecule is O=C(COc1ccccc1)NCc1nnc(SCC(=O)N2CCc3ccccc32)n1-c1ccc(Br)cc1. The summed E-state index contributed by atoms with van der Waals surface area (Å²) >= 11 is 4.79. The number of thioether (sulfide) groups is 1. The fraction of sp³-hybridized carbons (Fsp3) is 0.185. The summed E-state index contributed by atoms with van der Waals surface area (Å²) < 4.78 is 8.32. The number of hydrogen-bond acceptors (Lipinski definition) is 6. The number of rotatable bonds is 9. The van der Waals surface area contributed by atoms with Gasteiger partial charge in [-0.1, -0.05) is 64.1 Å². The van der Waals surface area contributed by atoms with Crippen molar-refractivity contribution in [1.29, 1.82) is 0 Å². The molecule has 5 rings (SSSR count). The van der Waals surface area contributed by atoms with E-state index in [4.69, 9.17) is 4.74 Å². The monoisotopic (exact) mass is 577 g/mol. The van der Waals surface area contributed by atoms with Gasteiger partial charge in [0.05, 0.1) is 12.3 Å². The molecule has 0 unspecified atom stereocenters. The van der Waals surface area contributed by atoms with E-state index in [0.29, 0.717) is 23.3 Å². The number of amides is 2. The topological polar surface area (TPSA) is 89.3 Å². The highest BCUT2D eigenvalue weighted by molar-refractivity contribution is 9.10. The minimum atomic E-state index is -0.272. The molecule has 4 aromatic rings. The number of hydrogen-bond donors (Lipinski definition) is 1. The fourth-order valence-corrected chi connectivity index (χ4v) is 5.16. The lowest BCUT2D eigenvalue weighted by atomic mass is 10.2. The van der Waals surface area contributed by atoms with Crippen molar-refractivity contribution in [3.8, 4) is 11.4 Å². The number of benzene rings is 3. The third kappa shape index (κ3) is 6.03. The Hall–Kier alpha value is -3.63. The highest BCUT2D eigenvalue weighted by atomic mass is 79.9. The summed E-state index contributed by atoms with van der Waals surface area (Å²) in [6.45, 7) is 0.735. The molecule has 0 spiro atoms. The summed E-state index contributed by atoms with van der Waals surface area (Å²) in [5.74, 6) is 1.15. The van der Waals surface area contributed by atoms with E-state index in [1.165, 1.54) is 17.3 Å². The zero-order valence-electron chi connectivity index (χ0n) is 19.8. The highest BCUT2D eigenvalue weighted by Crippen LogP contribution is 2.29. The largest absolute Gasteiger partial charge is 0.484 e. The summed E-state index contributed by atoms with van der Waals surface area (Å²) in [5, 5.41) is 12.1. The van der Waals surface area contributed by atoms with Gasteiger partial charge < -0.3 is 15.0 Å². The van der Waals surface area contributed by atoms with Gasteiger partial charge in [-0.05, 0) is 54.4 Å². The molecule has 37 heavy (non-hydrogen) atoms. The summed E-state index contributed by atoms with van der Waals surface area (Å²) in [4.78, 5) is 27.3. The van der Waals surface area contributed by atoms with E-state index in [-0.39, 0.29) is 30.7 Å². The van der Waals surface area contributed by atoms with Crippen molar-refractivity contribution in [3.63, 3.8) is 0 Å². The Bertz CT molecular complexity index is 1390. The van der Waals surface area contributed by atoms with Crippen molar-refractivity contribution in [2.24, 2.45) is 0 Å². The van der Waals surface area contributed by atoms with Crippen LogP contribution in [0.25, 0.3) is 5.69 Å². The Kier molecular flexibility index (Phi) is 7.86. The Labute approximate surface area is 227 Å². The number of para-hydroxylation sites is 2. The maximum absolute atomic E-state index is 13.1. The Balaban J connectivity index is 1.27. The van der Waals surface area contributed by atoms with E-state index in [9.17, 15) is 9.59 Å². The van der Waals surface area contributed by atoms with Gasteiger partial charge in [-0.2, -0.15) is 0 Å². The minimum absolute atomic E-state index is 0.0215. The van der Waals surface area contributed by atoms with E-state index in [0.717, 1.165) is 22.3 Å². The summed E-state index contributed by atoms with van der Waals surface area (Å²) in [5.41, 5.74) is 3.00. The average Bonchev–Trinajstić information content (AvgIpc) is 3.55. The zero-order valence-corrected chi connectivity index (χ0v) is 22.2. The number of carbonyl (C=O) groups is 2. The molecule has 10 heteroatoms. The maximum atomic E-state index is 13.1. The Morgan fingerprint density at radius 3 is 2.54 bits per heavy atom. The lowest BCUT2D eigenvalue weighted by molar-refractivity contribution is -0.123. The second-order valence-electron chi connectivity index (χ2n) is 8.30. The van der Waals surface area contributed by atoms with E-state index < -0.39 is 0 Å². The average molecular weight is 578 g/mol.